The highest BCUT2D eigenvalue weighted by molar-refractivity contribution is 5.77. The molecule has 2 aliphatic rings. The van der Waals surface area contributed by atoms with Crippen molar-refractivity contribution in [2.24, 2.45) is 5.92 Å². The van der Waals surface area contributed by atoms with Crippen LogP contribution in [0.25, 0.3) is 0 Å². The molecular weight excluding hydrogens is 274 g/mol. The number of hydrogen-bond acceptors (Lipinski definition) is 3. The third kappa shape index (κ3) is 4.07. The molecule has 120 valence electrons. The van der Waals surface area contributed by atoms with Gasteiger partial charge in [0.25, 0.3) is 0 Å². The number of hydrogen-bond donors (Lipinski definition) is 1. The number of amides is 1. The summed E-state index contributed by atoms with van der Waals surface area (Å²) in [6, 6.07) is 4.46. The van der Waals surface area contributed by atoms with Gasteiger partial charge in [0.2, 0.25) is 5.91 Å². The Morgan fingerprint density at radius 1 is 1.27 bits per heavy atom. The first-order chi connectivity index (χ1) is 10.8. The lowest BCUT2D eigenvalue weighted by atomic mass is 9.93. The maximum atomic E-state index is 12.9. The fourth-order valence-corrected chi connectivity index (χ4v) is 3.75. The van der Waals surface area contributed by atoms with Gasteiger partial charge in [-0.15, -0.1) is 0 Å². The molecule has 0 aromatic carbocycles. The van der Waals surface area contributed by atoms with Crippen LogP contribution in [0.3, 0.4) is 0 Å². The molecule has 1 aromatic rings. The number of carbonyl (C=O) groups excluding carboxylic acids is 1. The van der Waals surface area contributed by atoms with Crippen LogP contribution in [0.15, 0.2) is 24.5 Å². The van der Waals surface area contributed by atoms with Gasteiger partial charge in [0.15, 0.2) is 0 Å². The van der Waals surface area contributed by atoms with Gasteiger partial charge in [-0.3, -0.25) is 9.78 Å². The molecular formula is C18H27N3O. The van der Waals surface area contributed by atoms with Crippen LogP contribution in [0, 0.1) is 5.92 Å². The summed E-state index contributed by atoms with van der Waals surface area (Å²) in [5, 5.41) is 3.37. The van der Waals surface area contributed by atoms with Gasteiger partial charge in [0.1, 0.15) is 0 Å². The molecule has 1 unspecified atom stereocenters. The second kappa shape index (κ2) is 7.73. The Morgan fingerprint density at radius 3 is 2.82 bits per heavy atom. The third-order valence-electron chi connectivity index (χ3n) is 5.04. The minimum atomic E-state index is 0.337. The molecule has 3 rings (SSSR count). The van der Waals surface area contributed by atoms with Gasteiger partial charge in [0, 0.05) is 31.4 Å². The van der Waals surface area contributed by atoms with Crippen molar-refractivity contribution in [2.75, 3.05) is 13.1 Å². The Morgan fingerprint density at radius 2 is 2.14 bits per heavy atom. The lowest BCUT2D eigenvalue weighted by Crippen LogP contribution is -2.41. The van der Waals surface area contributed by atoms with Crippen molar-refractivity contribution in [3.05, 3.63) is 30.1 Å². The van der Waals surface area contributed by atoms with Crippen molar-refractivity contribution in [1.29, 1.82) is 0 Å². The van der Waals surface area contributed by atoms with Crippen LogP contribution < -0.4 is 5.32 Å². The average Bonchev–Trinajstić information content (AvgIpc) is 3.07. The maximum Gasteiger partial charge on any atom is 0.223 e. The van der Waals surface area contributed by atoms with Crippen LogP contribution in [0.5, 0.6) is 0 Å². The van der Waals surface area contributed by atoms with Gasteiger partial charge in [-0.25, -0.2) is 0 Å². The molecule has 1 aliphatic carbocycles. The SMILES string of the molecule is O=C(CC1CCNC1)N(Cc1cccnc1)C1CCCCC1. The molecule has 2 fully saturated rings. The summed E-state index contributed by atoms with van der Waals surface area (Å²) in [7, 11) is 0. The number of carbonyl (C=O) groups is 1. The van der Waals surface area contributed by atoms with E-state index in [0.29, 0.717) is 24.3 Å². The number of pyridine rings is 1. The van der Waals surface area contributed by atoms with Crippen molar-refractivity contribution in [1.82, 2.24) is 15.2 Å². The van der Waals surface area contributed by atoms with E-state index in [1.165, 1.54) is 19.3 Å². The lowest BCUT2D eigenvalue weighted by molar-refractivity contribution is -0.135. The van der Waals surface area contributed by atoms with E-state index in [4.69, 9.17) is 0 Å². The third-order valence-corrected chi connectivity index (χ3v) is 5.04. The second-order valence-corrected chi connectivity index (χ2v) is 6.74. The molecule has 22 heavy (non-hydrogen) atoms. The molecule has 0 bridgehead atoms. The molecule has 0 spiro atoms. The first kappa shape index (κ1) is 15.5. The van der Waals surface area contributed by atoms with Gasteiger partial charge in [-0.05, 0) is 49.9 Å². The van der Waals surface area contributed by atoms with E-state index in [-0.39, 0.29) is 0 Å². The molecule has 4 heteroatoms. The minimum absolute atomic E-state index is 0.337. The van der Waals surface area contributed by atoms with Crippen molar-refractivity contribution in [3.63, 3.8) is 0 Å². The highest BCUT2D eigenvalue weighted by atomic mass is 16.2. The zero-order valence-corrected chi connectivity index (χ0v) is 13.3. The first-order valence-electron chi connectivity index (χ1n) is 8.72. The van der Waals surface area contributed by atoms with Crippen LogP contribution in [0.4, 0.5) is 0 Å². The Bertz CT molecular complexity index is 464. The van der Waals surface area contributed by atoms with Crippen LogP contribution in [-0.2, 0) is 11.3 Å². The Labute approximate surface area is 133 Å². The van der Waals surface area contributed by atoms with Crippen LogP contribution in [0.1, 0.15) is 50.5 Å². The number of nitrogens with zero attached hydrogens (tertiary/aromatic N) is 2. The summed E-state index contributed by atoms with van der Waals surface area (Å²) in [4.78, 5) is 19.2. The summed E-state index contributed by atoms with van der Waals surface area (Å²) >= 11 is 0. The molecule has 4 nitrogen and oxygen atoms in total. The van der Waals surface area contributed by atoms with Gasteiger partial charge in [-0.2, -0.15) is 0 Å². The molecule has 1 aromatic heterocycles. The van der Waals surface area contributed by atoms with E-state index in [1.54, 1.807) is 6.20 Å². The molecule has 1 saturated carbocycles. The fraction of sp³-hybridized carbons (Fsp3) is 0.667. The van der Waals surface area contributed by atoms with E-state index < -0.39 is 0 Å². The molecule has 1 saturated heterocycles. The summed E-state index contributed by atoms with van der Waals surface area (Å²) < 4.78 is 0. The number of nitrogens with one attached hydrogen (secondary N) is 1. The predicted octanol–water partition coefficient (Wildman–Crippen LogP) is 2.74. The van der Waals surface area contributed by atoms with Gasteiger partial charge < -0.3 is 10.2 Å². The van der Waals surface area contributed by atoms with Crippen LogP contribution in [-0.4, -0.2) is 34.9 Å². The van der Waals surface area contributed by atoms with Crippen molar-refractivity contribution in [2.45, 2.75) is 57.5 Å². The first-order valence-corrected chi connectivity index (χ1v) is 8.72. The van der Waals surface area contributed by atoms with E-state index in [9.17, 15) is 4.79 Å². The van der Waals surface area contributed by atoms with Gasteiger partial charge in [0.05, 0.1) is 0 Å². The monoisotopic (exact) mass is 301 g/mol. The largest absolute Gasteiger partial charge is 0.335 e. The Kier molecular flexibility index (Phi) is 5.43. The van der Waals surface area contributed by atoms with E-state index in [0.717, 1.165) is 44.5 Å². The van der Waals surface area contributed by atoms with E-state index in [2.05, 4.69) is 21.3 Å². The fourth-order valence-electron chi connectivity index (χ4n) is 3.75. The zero-order valence-electron chi connectivity index (χ0n) is 13.3. The Hall–Kier alpha value is -1.42. The smallest absolute Gasteiger partial charge is 0.223 e. The normalized spacial score (nSPS) is 22.6. The van der Waals surface area contributed by atoms with Crippen molar-refractivity contribution < 1.29 is 4.79 Å². The predicted molar refractivity (Wildman–Crippen MR) is 87.3 cm³/mol. The second-order valence-electron chi connectivity index (χ2n) is 6.74. The quantitative estimate of drug-likeness (QED) is 0.909. The maximum absolute atomic E-state index is 12.9. The van der Waals surface area contributed by atoms with Crippen molar-refractivity contribution >= 4 is 5.91 Å². The van der Waals surface area contributed by atoms with Crippen molar-refractivity contribution in [3.8, 4) is 0 Å². The standard InChI is InChI=1S/C18H27N3O/c22-18(11-15-8-10-20-12-15)21(17-6-2-1-3-7-17)14-16-5-4-9-19-13-16/h4-5,9,13,15,17,20H,1-3,6-8,10-12,14H2. The van der Waals surface area contributed by atoms with Gasteiger partial charge in [-0.1, -0.05) is 25.3 Å². The highest BCUT2D eigenvalue weighted by Gasteiger charge is 2.28. The molecule has 2 heterocycles. The molecule has 1 aliphatic heterocycles. The molecule has 1 atom stereocenters. The number of rotatable bonds is 5. The summed E-state index contributed by atoms with van der Waals surface area (Å²) in [5.74, 6) is 0.858. The summed E-state index contributed by atoms with van der Waals surface area (Å²) in [5.41, 5.74) is 1.14. The van der Waals surface area contributed by atoms with E-state index in [1.807, 2.05) is 12.3 Å². The molecule has 0 radical (unpaired) electrons. The highest BCUT2D eigenvalue weighted by Crippen LogP contribution is 2.26. The van der Waals surface area contributed by atoms with Crippen LogP contribution in [0.2, 0.25) is 0 Å². The molecule has 1 N–H and O–H groups in total. The topological polar surface area (TPSA) is 45.2 Å². The van der Waals surface area contributed by atoms with E-state index >= 15 is 0 Å². The zero-order chi connectivity index (χ0) is 15.2. The lowest BCUT2D eigenvalue weighted by Gasteiger charge is -2.35. The van der Waals surface area contributed by atoms with Gasteiger partial charge >= 0.3 is 0 Å². The molecule has 1 amide bonds. The summed E-state index contributed by atoms with van der Waals surface area (Å²) in [6.07, 6.45) is 11.7. The summed E-state index contributed by atoms with van der Waals surface area (Å²) in [6.45, 7) is 2.78. The Balaban J connectivity index is 1.68. The van der Waals surface area contributed by atoms with Crippen LogP contribution >= 0.6 is 0 Å². The average molecular weight is 301 g/mol. The minimum Gasteiger partial charge on any atom is -0.335 e. The number of aromatic nitrogens is 1.